The van der Waals surface area contributed by atoms with Crippen LogP contribution in [-0.2, 0) is 13.2 Å². The van der Waals surface area contributed by atoms with Crippen LogP contribution in [0.15, 0.2) is 60.7 Å². The van der Waals surface area contributed by atoms with Gasteiger partial charge in [-0.05, 0) is 72.9 Å². The van der Waals surface area contributed by atoms with Gasteiger partial charge in [-0.1, -0.05) is 36.4 Å². The molecule has 140 valence electrons. The molecule has 0 aromatic heterocycles. The standard InChI is InChI=1S/C24H26O3/c1-17-12-20(14-22(13-17)25-4)15-26-24-11-7-9-21(19(24)3)16-27-23-10-6-5-8-18(23)2/h5-14H,15-16H2,1-4H3. The van der Waals surface area contributed by atoms with Crippen LogP contribution in [0.5, 0.6) is 17.2 Å². The molecule has 0 heterocycles. The molecule has 0 amide bonds. The van der Waals surface area contributed by atoms with Gasteiger partial charge < -0.3 is 14.2 Å². The minimum absolute atomic E-state index is 0.501. The largest absolute Gasteiger partial charge is 0.497 e. The summed E-state index contributed by atoms with van der Waals surface area (Å²) in [6.07, 6.45) is 0. The molecule has 27 heavy (non-hydrogen) atoms. The van der Waals surface area contributed by atoms with Crippen LogP contribution in [0.3, 0.4) is 0 Å². The molecule has 3 aromatic carbocycles. The highest BCUT2D eigenvalue weighted by Crippen LogP contribution is 2.25. The van der Waals surface area contributed by atoms with Gasteiger partial charge in [-0.25, -0.2) is 0 Å². The first-order chi connectivity index (χ1) is 13.1. The maximum Gasteiger partial charge on any atom is 0.123 e. The maximum absolute atomic E-state index is 6.08. The van der Waals surface area contributed by atoms with Gasteiger partial charge in [0.25, 0.3) is 0 Å². The van der Waals surface area contributed by atoms with Crippen molar-refractivity contribution in [3.8, 4) is 17.2 Å². The zero-order valence-electron chi connectivity index (χ0n) is 16.4. The summed E-state index contributed by atoms with van der Waals surface area (Å²) in [6.45, 7) is 7.20. The van der Waals surface area contributed by atoms with Gasteiger partial charge in [-0.15, -0.1) is 0 Å². The average molecular weight is 362 g/mol. The second kappa shape index (κ2) is 8.63. The predicted molar refractivity (Wildman–Crippen MR) is 109 cm³/mol. The topological polar surface area (TPSA) is 27.7 Å². The molecule has 0 aliphatic rings. The summed E-state index contributed by atoms with van der Waals surface area (Å²) in [5.74, 6) is 2.64. The van der Waals surface area contributed by atoms with Crippen LogP contribution < -0.4 is 14.2 Å². The summed E-state index contributed by atoms with van der Waals surface area (Å²) < 4.78 is 17.4. The van der Waals surface area contributed by atoms with E-state index in [0.29, 0.717) is 13.2 Å². The quantitative estimate of drug-likeness (QED) is 0.533. The molecule has 3 aromatic rings. The number of hydrogen-bond acceptors (Lipinski definition) is 3. The molecular weight excluding hydrogens is 336 g/mol. The third kappa shape index (κ3) is 4.82. The molecule has 3 rings (SSSR count). The first kappa shape index (κ1) is 18.8. The maximum atomic E-state index is 6.08. The van der Waals surface area contributed by atoms with Crippen LogP contribution in [0.2, 0.25) is 0 Å². The van der Waals surface area contributed by atoms with E-state index in [1.807, 2.05) is 42.5 Å². The zero-order valence-corrected chi connectivity index (χ0v) is 16.4. The molecular formula is C24H26O3. The van der Waals surface area contributed by atoms with Crippen LogP contribution in [0, 0.1) is 20.8 Å². The van der Waals surface area contributed by atoms with E-state index in [0.717, 1.165) is 45.1 Å². The molecule has 0 spiro atoms. The van der Waals surface area contributed by atoms with Crippen molar-refractivity contribution in [1.29, 1.82) is 0 Å². The monoisotopic (exact) mass is 362 g/mol. The van der Waals surface area contributed by atoms with E-state index in [1.54, 1.807) is 7.11 Å². The second-order valence-corrected chi connectivity index (χ2v) is 6.74. The summed E-state index contributed by atoms with van der Waals surface area (Å²) in [4.78, 5) is 0. The predicted octanol–water partition coefficient (Wildman–Crippen LogP) is 5.78. The number of para-hydroxylation sites is 1. The Morgan fingerprint density at radius 3 is 2.26 bits per heavy atom. The molecule has 3 nitrogen and oxygen atoms in total. The second-order valence-electron chi connectivity index (χ2n) is 6.74. The van der Waals surface area contributed by atoms with Crippen molar-refractivity contribution in [3.05, 3.63) is 88.5 Å². The highest BCUT2D eigenvalue weighted by Gasteiger charge is 2.08. The lowest BCUT2D eigenvalue weighted by Gasteiger charge is -2.15. The van der Waals surface area contributed by atoms with Gasteiger partial charge in [-0.3, -0.25) is 0 Å². The Morgan fingerprint density at radius 2 is 1.48 bits per heavy atom. The number of ether oxygens (including phenoxy) is 3. The number of aryl methyl sites for hydroxylation is 2. The normalized spacial score (nSPS) is 10.5. The average Bonchev–Trinajstić information content (AvgIpc) is 2.67. The van der Waals surface area contributed by atoms with Crippen LogP contribution in [0.25, 0.3) is 0 Å². The first-order valence-corrected chi connectivity index (χ1v) is 9.11. The molecule has 0 saturated heterocycles. The fraction of sp³-hybridized carbons (Fsp3) is 0.250. The first-order valence-electron chi connectivity index (χ1n) is 9.11. The van der Waals surface area contributed by atoms with Crippen LogP contribution in [0.4, 0.5) is 0 Å². The summed E-state index contributed by atoms with van der Waals surface area (Å²) in [6, 6.07) is 20.3. The van der Waals surface area contributed by atoms with E-state index < -0.39 is 0 Å². The third-order valence-corrected chi connectivity index (χ3v) is 4.61. The minimum atomic E-state index is 0.501. The molecule has 0 radical (unpaired) electrons. The van der Waals surface area contributed by atoms with Crippen molar-refractivity contribution in [2.24, 2.45) is 0 Å². The van der Waals surface area contributed by atoms with Crippen LogP contribution in [0.1, 0.15) is 27.8 Å². The van der Waals surface area contributed by atoms with Gasteiger partial charge >= 0.3 is 0 Å². The molecule has 0 N–H and O–H groups in total. The van der Waals surface area contributed by atoms with Crippen molar-refractivity contribution in [2.75, 3.05) is 7.11 Å². The lowest BCUT2D eigenvalue weighted by atomic mass is 10.1. The number of methoxy groups -OCH3 is 1. The summed E-state index contributed by atoms with van der Waals surface area (Å²) in [7, 11) is 1.68. The molecule has 3 heteroatoms. The van der Waals surface area contributed by atoms with E-state index in [2.05, 4.69) is 39.0 Å². The lowest BCUT2D eigenvalue weighted by molar-refractivity contribution is 0.291. The van der Waals surface area contributed by atoms with Crippen molar-refractivity contribution in [1.82, 2.24) is 0 Å². The summed E-state index contributed by atoms with van der Waals surface area (Å²) >= 11 is 0. The minimum Gasteiger partial charge on any atom is -0.497 e. The Morgan fingerprint density at radius 1 is 0.741 bits per heavy atom. The van der Waals surface area contributed by atoms with Gasteiger partial charge in [0.1, 0.15) is 30.5 Å². The third-order valence-electron chi connectivity index (χ3n) is 4.61. The van der Waals surface area contributed by atoms with Crippen molar-refractivity contribution in [2.45, 2.75) is 34.0 Å². The van der Waals surface area contributed by atoms with Crippen LogP contribution in [-0.4, -0.2) is 7.11 Å². The Labute approximate surface area is 161 Å². The fourth-order valence-electron chi connectivity index (χ4n) is 3.03. The van der Waals surface area contributed by atoms with E-state index in [-0.39, 0.29) is 0 Å². The molecule has 0 saturated carbocycles. The molecule has 0 unspecified atom stereocenters. The zero-order chi connectivity index (χ0) is 19.2. The fourth-order valence-corrected chi connectivity index (χ4v) is 3.03. The Bertz CT molecular complexity index is 915. The molecule has 0 aliphatic heterocycles. The Hall–Kier alpha value is -2.94. The van der Waals surface area contributed by atoms with Gasteiger partial charge in [0, 0.05) is 0 Å². The number of hydrogen-bond donors (Lipinski definition) is 0. The van der Waals surface area contributed by atoms with Crippen molar-refractivity contribution >= 4 is 0 Å². The molecule has 0 fully saturated rings. The highest BCUT2D eigenvalue weighted by atomic mass is 16.5. The molecule has 0 bridgehead atoms. The van der Waals surface area contributed by atoms with Gasteiger partial charge in [0.2, 0.25) is 0 Å². The number of rotatable bonds is 7. The van der Waals surface area contributed by atoms with Gasteiger partial charge in [0.15, 0.2) is 0 Å². The highest BCUT2D eigenvalue weighted by molar-refractivity contribution is 5.40. The summed E-state index contributed by atoms with van der Waals surface area (Å²) in [5.41, 5.74) is 5.61. The van der Waals surface area contributed by atoms with E-state index in [4.69, 9.17) is 14.2 Å². The lowest BCUT2D eigenvalue weighted by Crippen LogP contribution is -2.03. The number of benzene rings is 3. The Kier molecular flexibility index (Phi) is 6.02. The molecule has 0 aliphatic carbocycles. The van der Waals surface area contributed by atoms with E-state index in [9.17, 15) is 0 Å². The van der Waals surface area contributed by atoms with Crippen molar-refractivity contribution in [3.63, 3.8) is 0 Å². The smallest absolute Gasteiger partial charge is 0.123 e. The van der Waals surface area contributed by atoms with E-state index in [1.165, 1.54) is 0 Å². The Balaban J connectivity index is 1.69. The van der Waals surface area contributed by atoms with Gasteiger partial charge in [-0.2, -0.15) is 0 Å². The summed E-state index contributed by atoms with van der Waals surface area (Å²) in [5, 5.41) is 0. The van der Waals surface area contributed by atoms with Gasteiger partial charge in [0.05, 0.1) is 7.11 Å². The van der Waals surface area contributed by atoms with E-state index >= 15 is 0 Å². The van der Waals surface area contributed by atoms with Crippen LogP contribution >= 0.6 is 0 Å². The SMILES string of the molecule is COc1cc(C)cc(COc2cccc(COc3ccccc3C)c2C)c1. The van der Waals surface area contributed by atoms with Crippen molar-refractivity contribution < 1.29 is 14.2 Å². The molecule has 0 atom stereocenters.